The summed E-state index contributed by atoms with van der Waals surface area (Å²) in [7, 11) is -3.40. The monoisotopic (exact) mass is 491 g/mol. The minimum Gasteiger partial charge on any atom is -0.328 e. The summed E-state index contributed by atoms with van der Waals surface area (Å²) < 4.78 is 23.6. The van der Waals surface area contributed by atoms with Crippen molar-refractivity contribution in [3.63, 3.8) is 0 Å². The second kappa shape index (κ2) is 6.56. The van der Waals surface area contributed by atoms with Crippen molar-refractivity contribution in [2.75, 3.05) is 6.26 Å². The number of sulfone groups is 1. The van der Waals surface area contributed by atoms with Gasteiger partial charge in [0.1, 0.15) is 5.54 Å². The second-order valence-electron chi connectivity index (χ2n) is 6.82. The van der Waals surface area contributed by atoms with E-state index in [-0.39, 0.29) is 9.08 Å². The molecule has 3 aromatic rings. The highest BCUT2D eigenvalue weighted by molar-refractivity contribution is 14.1. The van der Waals surface area contributed by atoms with Gasteiger partial charge in [0, 0.05) is 6.26 Å². The summed E-state index contributed by atoms with van der Waals surface area (Å²) in [5.74, 6) is 0. The normalized spacial score (nSPS) is 21.8. The summed E-state index contributed by atoms with van der Waals surface area (Å²) in [6, 6.07) is 18.6. The topological polar surface area (TPSA) is 75.2 Å². The first-order valence-electron chi connectivity index (χ1n) is 8.45. The predicted molar refractivity (Wildman–Crippen MR) is 114 cm³/mol. The van der Waals surface area contributed by atoms with E-state index in [0.29, 0.717) is 10.8 Å². The van der Waals surface area contributed by atoms with Gasteiger partial charge >= 0.3 is 0 Å². The number of rotatable bonds is 3. The number of hydrogen-bond donors (Lipinski definition) is 1. The highest BCUT2D eigenvalue weighted by Crippen LogP contribution is 2.36. The average molecular weight is 491 g/mol. The van der Waals surface area contributed by atoms with Gasteiger partial charge in [-0.3, -0.25) is 4.99 Å². The smallest absolute Gasteiger partial charge is 0.227 e. The molecule has 2 aromatic carbocycles. The zero-order valence-corrected chi connectivity index (χ0v) is 17.8. The van der Waals surface area contributed by atoms with Crippen LogP contribution in [0.25, 0.3) is 17.2 Å². The molecule has 2 unspecified atom stereocenters. The molecule has 2 atom stereocenters. The lowest BCUT2D eigenvalue weighted by molar-refractivity contribution is 0.512. The standard InChI is InChI=1S/C20H18IN3O2S/c1-20(15-10-8-14(9-11-15)13-6-4-3-5-7-13)17(21)12-16-18(24-20)23-19(22-16)27(2,25)26/h3-12,17H,1-2H3,(H,22,23,24). The molecule has 27 heavy (non-hydrogen) atoms. The Morgan fingerprint density at radius 2 is 1.67 bits per heavy atom. The van der Waals surface area contributed by atoms with Gasteiger partial charge in [-0.25, -0.2) is 8.42 Å². The van der Waals surface area contributed by atoms with Crippen LogP contribution in [0, 0.1) is 0 Å². The second-order valence-corrected chi connectivity index (χ2v) is 10.1. The Hall–Kier alpha value is -2.00. The number of imidazole rings is 1. The van der Waals surface area contributed by atoms with Gasteiger partial charge in [0.05, 0.1) is 9.27 Å². The fraction of sp³-hybridized carbons (Fsp3) is 0.200. The molecule has 1 aliphatic heterocycles. The van der Waals surface area contributed by atoms with E-state index >= 15 is 0 Å². The Labute approximate surface area is 171 Å². The van der Waals surface area contributed by atoms with Crippen LogP contribution >= 0.6 is 22.6 Å². The average Bonchev–Trinajstić information content (AvgIpc) is 3.06. The highest BCUT2D eigenvalue weighted by Gasteiger charge is 2.35. The number of aromatic nitrogens is 2. The lowest BCUT2D eigenvalue weighted by Gasteiger charge is -2.30. The molecule has 5 nitrogen and oxygen atoms in total. The first kappa shape index (κ1) is 18.4. The van der Waals surface area contributed by atoms with Gasteiger partial charge in [-0.15, -0.1) is 0 Å². The van der Waals surface area contributed by atoms with Crippen LogP contribution in [0.1, 0.15) is 12.5 Å². The largest absolute Gasteiger partial charge is 0.328 e. The lowest BCUT2D eigenvalue weighted by atomic mass is 9.87. The van der Waals surface area contributed by atoms with Crippen molar-refractivity contribution in [2.24, 2.45) is 4.99 Å². The molecule has 1 aromatic heterocycles. The van der Waals surface area contributed by atoms with Crippen molar-refractivity contribution < 1.29 is 8.42 Å². The van der Waals surface area contributed by atoms with Crippen LogP contribution in [0.5, 0.6) is 0 Å². The molecule has 0 saturated carbocycles. The Bertz CT molecular complexity index is 1220. The number of nitrogens with zero attached hydrogens (tertiary/aromatic N) is 2. The number of alkyl halides is 1. The number of fused-ring (bicyclic) bond motifs is 1. The third-order valence-corrected chi connectivity index (χ3v) is 7.27. The van der Waals surface area contributed by atoms with Crippen LogP contribution in [0.2, 0.25) is 0 Å². The van der Waals surface area contributed by atoms with Crippen LogP contribution in [0.15, 0.2) is 64.7 Å². The molecular formula is C20H18IN3O2S. The number of halogens is 1. The molecule has 0 radical (unpaired) electrons. The zero-order valence-electron chi connectivity index (χ0n) is 14.8. The number of hydrogen-bond acceptors (Lipinski definition) is 4. The van der Waals surface area contributed by atoms with Crippen LogP contribution in [0.3, 0.4) is 0 Å². The van der Waals surface area contributed by atoms with E-state index in [1.165, 1.54) is 5.56 Å². The van der Waals surface area contributed by atoms with E-state index in [1.807, 2.05) is 24.3 Å². The number of aromatic amines is 1. The SMILES string of the molecule is CC1(c2ccc(-c3ccccc3)cc2)N=c2nc(S(C)(=O)=O)[nH]c2=CC1I. The van der Waals surface area contributed by atoms with Gasteiger partial charge in [0.2, 0.25) is 15.0 Å². The number of benzene rings is 2. The molecular weight excluding hydrogens is 473 g/mol. The first-order chi connectivity index (χ1) is 12.8. The Balaban J connectivity index is 1.78. The van der Waals surface area contributed by atoms with Crippen molar-refractivity contribution in [2.45, 2.75) is 21.5 Å². The van der Waals surface area contributed by atoms with Crippen molar-refractivity contribution in [3.8, 4) is 11.1 Å². The first-order valence-corrected chi connectivity index (χ1v) is 11.6. The van der Waals surface area contributed by atoms with Crippen molar-refractivity contribution in [3.05, 3.63) is 71.0 Å². The summed E-state index contributed by atoms with van der Waals surface area (Å²) in [6.07, 6.45) is 3.13. The van der Waals surface area contributed by atoms with Gasteiger partial charge < -0.3 is 4.98 Å². The molecule has 0 aliphatic carbocycles. The maximum atomic E-state index is 11.8. The summed E-state index contributed by atoms with van der Waals surface area (Å²) in [5.41, 5.74) is 3.30. The van der Waals surface area contributed by atoms with Gasteiger partial charge in [-0.1, -0.05) is 77.2 Å². The summed E-state index contributed by atoms with van der Waals surface area (Å²) in [4.78, 5) is 11.9. The molecule has 1 aliphatic rings. The molecule has 0 spiro atoms. The van der Waals surface area contributed by atoms with Gasteiger partial charge in [-0.2, -0.15) is 4.98 Å². The fourth-order valence-corrected chi connectivity index (χ4v) is 4.58. The lowest BCUT2D eigenvalue weighted by Crippen LogP contribution is -2.42. The van der Waals surface area contributed by atoms with Crippen LogP contribution in [0.4, 0.5) is 0 Å². The molecule has 138 valence electrons. The molecule has 2 heterocycles. The van der Waals surface area contributed by atoms with Crippen molar-refractivity contribution >= 4 is 38.5 Å². The Kier molecular flexibility index (Phi) is 4.46. The molecule has 0 amide bonds. The maximum Gasteiger partial charge on any atom is 0.227 e. The number of H-pyrrole nitrogens is 1. The van der Waals surface area contributed by atoms with E-state index in [9.17, 15) is 8.42 Å². The molecule has 0 bridgehead atoms. The van der Waals surface area contributed by atoms with Crippen LogP contribution in [-0.4, -0.2) is 28.6 Å². The third kappa shape index (κ3) is 3.34. The molecule has 1 N–H and O–H groups in total. The minimum atomic E-state index is -3.40. The van der Waals surface area contributed by atoms with Crippen molar-refractivity contribution in [1.29, 1.82) is 0 Å². The summed E-state index contributed by atoms with van der Waals surface area (Å²) in [6.45, 7) is 2.05. The van der Waals surface area contributed by atoms with E-state index < -0.39 is 15.4 Å². The van der Waals surface area contributed by atoms with Crippen LogP contribution in [-0.2, 0) is 15.4 Å². The molecule has 0 saturated heterocycles. The Morgan fingerprint density at radius 1 is 1.04 bits per heavy atom. The quantitative estimate of drug-likeness (QED) is 0.452. The van der Waals surface area contributed by atoms with Gasteiger partial charge in [-0.05, 0) is 29.7 Å². The maximum absolute atomic E-state index is 11.8. The van der Waals surface area contributed by atoms with E-state index in [4.69, 9.17) is 4.99 Å². The molecule has 7 heteroatoms. The molecule has 4 rings (SSSR count). The number of nitrogens with one attached hydrogen (secondary N) is 1. The minimum absolute atomic E-state index is 0.0419. The predicted octanol–water partition coefficient (Wildman–Crippen LogP) is 2.61. The van der Waals surface area contributed by atoms with Crippen LogP contribution < -0.4 is 10.8 Å². The summed E-state index contributed by atoms with van der Waals surface area (Å²) >= 11 is 2.34. The van der Waals surface area contributed by atoms with Gasteiger partial charge in [0.25, 0.3) is 0 Å². The highest BCUT2D eigenvalue weighted by atomic mass is 127. The third-order valence-electron chi connectivity index (χ3n) is 4.81. The summed E-state index contributed by atoms with van der Waals surface area (Å²) in [5, 5.41) is 0.619. The fourth-order valence-electron chi connectivity index (χ4n) is 3.18. The zero-order chi connectivity index (χ0) is 19.2. The molecule has 0 fully saturated rings. The van der Waals surface area contributed by atoms with E-state index in [2.05, 4.69) is 75.9 Å². The van der Waals surface area contributed by atoms with E-state index in [0.717, 1.165) is 17.4 Å². The van der Waals surface area contributed by atoms with Crippen molar-refractivity contribution in [1.82, 2.24) is 9.97 Å². The van der Waals surface area contributed by atoms with E-state index in [1.54, 1.807) is 0 Å². The van der Waals surface area contributed by atoms with Gasteiger partial charge in [0.15, 0.2) is 5.49 Å². The Morgan fingerprint density at radius 3 is 2.30 bits per heavy atom.